The van der Waals surface area contributed by atoms with Gasteiger partial charge < -0.3 is 34.8 Å². The van der Waals surface area contributed by atoms with Crippen molar-refractivity contribution >= 4 is 66.3 Å². The van der Waals surface area contributed by atoms with Crippen molar-refractivity contribution in [2.24, 2.45) is 5.10 Å². The van der Waals surface area contributed by atoms with Gasteiger partial charge in [0.25, 0.3) is 0 Å². The number of rotatable bonds is 11. The summed E-state index contributed by atoms with van der Waals surface area (Å²) in [7, 11) is -4.10. The number of carbonyl (C=O) groups excluding carboxylic acids is 3. The van der Waals surface area contributed by atoms with Crippen LogP contribution in [0.4, 0.5) is 34.1 Å². The zero-order valence-corrected chi connectivity index (χ0v) is 32.4. The van der Waals surface area contributed by atoms with E-state index in [0.29, 0.717) is 16.5 Å². The number of aromatic carboxylic acids is 1. The highest BCUT2D eigenvalue weighted by Gasteiger charge is 2.40. The van der Waals surface area contributed by atoms with Gasteiger partial charge in [0.1, 0.15) is 28.9 Å². The third kappa shape index (κ3) is 14.3. The molecule has 0 spiro atoms. The molecule has 1 aliphatic carbocycles. The van der Waals surface area contributed by atoms with Gasteiger partial charge in [0.2, 0.25) is 0 Å². The van der Waals surface area contributed by atoms with Gasteiger partial charge in [-0.1, -0.05) is 11.6 Å². The zero-order chi connectivity index (χ0) is 43.3. The van der Waals surface area contributed by atoms with Crippen molar-refractivity contribution in [1.29, 1.82) is 0 Å². The molecule has 1 saturated carbocycles. The van der Waals surface area contributed by atoms with Gasteiger partial charge in [0, 0.05) is 24.0 Å². The third-order valence-electron chi connectivity index (χ3n) is 7.48. The highest BCUT2D eigenvalue weighted by molar-refractivity contribution is 7.51. The van der Waals surface area contributed by atoms with Gasteiger partial charge in [0.15, 0.2) is 5.76 Å². The monoisotopic (exact) mass is 856 g/mol. The Hall–Kier alpha value is -5.86. The van der Waals surface area contributed by atoms with Crippen LogP contribution in [-0.4, -0.2) is 79.6 Å². The van der Waals surface area contributed by atoms with E-state index in [1.807, 2.05) is 0 Å². The summed E-state index contributed by atoms with van der Waals surface area (Å²) in [5.74, 6) is -5.35. The normalized spacial score (nSPS) is 14.1. The van der Waals surface area contributed by atoms with E-state index < -0.39 is 67.8 Å². The van der Waals surface area contributed by atoms with E-state index in [9.17, 15) is 41.7 Å². The number of benzene rings is 2. The average molecular weight is 857 g/mol. The maximum atomic E-state index is 14.3. The first-order valence-electron chi connectivity index (χ1n) is 16.8. The molecule has 1 aromatic heterocycles. The van der Waals surface area contributed by atoms with Gasteiger partial charge in [-0.3, -0.25) is 24.5 Å². The smallest absolute Gasteiger partial charge is 0.427 e. The summed E-state index contributed by atoms with van der Waals surface area (Å²) in [6.07, 6.45) is 3.79. The fourth-order valence-corrected chi connectivity index (χ4v) is 5.60. The van der Waals surface area contributed by atoms with Crippen molar-refractivity contribution in [2.75, 3.05) is 23.0 Å². The van der Waals surface area contributed by atoms with Crippen LogP contribution in [0.2, 0.25) is 5.02 Å². The summed E-state index contributed by atoms with van der Waals surface area (Å²) in [5.41, 5.74) is 2.47. The number of carboxylic acid groups (broad SMARTS) is 2. The number of urea groups is 1. The Kier molecular flexibility index (Phi) is 16.9. The molecule has 18 nitrogen and oxygen atoms in total. The molecule has 4 amide bonds. The SMILES string of the molecule is C/C(=N\NC(=O)Nc1cc(F)cc(F)c1)c1ncccc1C(=O)O.CC(C)=C1OC(=O)N(c2cc(OC3CCCC3)c(Cl)cc2F)C1=O.O=C(O)CNCP(=O)(O)O. The number of aromatic nitrogens is 1. The molecule has 0 radical (unpaired) electrons. The average Bonchev–Trinajstić information content (AvgIpc) is 3.74. The van der Waals surface area contributed by atoms with Crippen LogP contribution in [0.25, 0.3) is 0 Å². The van der Waals surface area contributed by atoms with E-state index in [4.69, 9.17) is 41.1 Å². The molecule has 2 aromatic carbocycles. The maximum Gasteiger partial charge on any atom is 0.427 e. The molecule has 312 valence electrons. The van der Waals surface area contributed by atoms with Crippen LogP contribution in [0.5, 0.6) is 5.75 Å². The Labute approximate surface area is 332 Å². The first-order valence-corrected chi connectivity index (χ1v) is 19.0. The number of nitrogens with zero attached hydrogens (tertiary/aromatic N) is 3. The van der Waals surface area contributed by atoms with Crippen LogP contribution in [0.1, 0.15) is 62.5 Å². The molecular formula is C35H37ClF3N6O12P. The summed E-state index contributed by atoms with van der Waals surface area (Å²) in [6, 6.07) is 6.80. The van der Waals surface area contributed by atoms with E-state index in [0.717, 1.165) is 43.9 Å². The van der Waals surface area contributed by atoms with E-state index in [1.165, 1.54) is 31.3 Å². The number of pyridine rings is 1. The van der Waals surface area contributed by atoms with Gasteiger partial charge in [-0.15, -0.1) is 0 Å². The first kappa shape index (κ1) is 46.5. The number of amides is 4. The molecule has 58 heavy (non-hydrogen) atoms. The quantitative estimate of drug-likeness (QED) is 0.0507. The standard InChI is InChI=1S/C17H17ClFNO4.C15H12F2N4O3.C3H8NO5P/c1-9(2)15-16(21)20(17(22)24-15)13-8-14(11(18)7-12(13)19)23-10-5-3-4-6-10;1-8(13-12(14(22)23)3-2-4-18-13)20-21-15(24)19-11-6-9(16)5-10(17)7-11;5-3(6)1-4-2-10(7,8)9/h7-8,10H,3-6H2,1-2H3;2-7H,1H3,(H,22,23)(H2,19,21,24);4H,1-2H2,(H,5,6)(H2,7,8,9)/b;20-8+;. The third-order valence-corrected chi connectivity index (χ3v) is 8.41. The van der Waals surface area contributed by atoms with Crippen molar-refractivity contribution in [3.63, 3.8) is 0 Å². The fraction of sp³-hybridized carbons (Fsp3) is 0.286. The summed E-state index contributed by atoms with van der Waals surface area (Å²) in [6.45, 7) is 4.29. The minimum atomic E-state index is -4.10. The number of halogens is 4. The molecule has 7 N–H and O–H groups in total. The molecule has 1 aliphatic heterocycles. The van der Waals surface area contributed by atoms with E-state index in [2.05, 4.69) is 26.1 Å². The van der Waals surface area contributed by atoms with Crippen LogP contribution in [0.3, 0.4) is 0 Å². The largest absolute Gasteiger partial charge is 0.489 e. The number of imide groups is 1. The van der Waals surface area contributed by atoms with E-state index >= 15 is 0 Å². The lowest BCUT2D eigenvalue weighted by Gasteiger charge is -2.18. The van der Waals surface area contributed by atoms with Crippen molar-refractivity contribution in [1.82, 2.24) is 15.7 Å². The predicted molar refractivity (Wildman–Crippen MR) is 201 cm³/mol. The van der Waals surface area contributed by atoms with E-state index in [-0.39, 0.29) is 51.0 Å². The van der Waals surface area contributed by atoms with Gasteiger partial charge >= 0.3 is 37.6 Å². The number of anilines is 2. The molecule has 23 heteroatoms. The minimum absolute atomic E-state index is 0.00962. The molecule has 2 aliphatic rings. The molecule has 2 heterocycles. The maximum absolute atomic E-state index is 14.3. The van der Waals surface area contributed by atoms with Crippen LogP contribution in [0.15, 0.2) is 65.1 Å². The number of aliphatic carboxylic acids is 1. The highest BCUT2D eigenvalue weighted by atomic mass is 35.5. The minimum Gasteiger partial charge on any atom is -0.489 e. The van der Waals surface area contributed by atoms with Crippen LogP contribution >= 0.6 is 19.2 Å². The number of hydrazone groups is 1. The Bertz CT molecular complexity index is 2140. The number of carbonyl (C=O) groups is 5. The van der Waals surface area contributed by atoms with Gasteiger partial charge in [-0.05, 0) is 82.4 Å². The van der Waals surface area contributed by atoms with Crippen molar-refractivity contribution in [2.45, 2.75) is 52.6 Å². The summed E-state index contributed by atoms with van der Waals surface area (Å²) >= 11 is 6.04. The summed E-state index contributed by atoms with van der Waals surface area (Å²) in [5, 5.41) is 25.1. The topological polar surface area (TPSA) is 266 Å². The van der Waals surface area contributed by atoms with E-state index in [1.54, 1.807) is 13.8 Å². The lowest BCUT2D eigenvalue weighted by atomic mass is 10.1. The molecule has 3 aromatic rings. The first-order chi connectivity index (χ1) is 27.2. The lowest BCUT2D eigenvalue weighted by Crippen LogP contribution is -2.29. The predicted octanol–water partition coefficient (Wildman–Crippen LogP) is 5.98. The molecular weight excluding hydrogens is 820 g/mol. The number of nitrogens with one attached hydrogen (secondary N) is 3. The number of cyclic esters (lactones) is 1. The fourth-order valence-electron chi connectivity index (χ4n) is 5.00. The van der Waals surface area contributed by atoms with Gasteiger partial charge in [0.05, 0.1) is 40.9 Å². The van der Waals surface area contributed by atoms with Crippen molar-refractivity contribution < 1.29 is 71.2 Å². The molecule has 5 rings (SSSR count). The summed E-state index contributed by atoms with van der Waals surface area (Å²) < 4.78 is 61.2. The number of ether oxygens (including phenoxy) is 2. The van der Waals surface area contributed by atoms with Crippen LogP contribution in [-0.2, 0) is 18.9 Å². The molecule has 0 unspecified atom stereocenters. The van der Waals surface area contributed by atoms with Gasteiger partial charge in [-0.25, -0.2) is 37.9 Å². The van der Waals surface area contributed by atoms with Crippen LogP contribution in [0, 0.1) is 17.5 Å². The molecule has 2 fully saturated rings. The molecule has 1 saturated heterocycles. The second-order valence-electron chi connectivity index (χ2n) is 12.4. The molecule has 0 bridgehead atoms. The van der Waals surface area contributed by atoms with Crippen LogP contribution < -0.4 is 25.7 Å². The zero-order valence-electron chi connectivity index (χ0n) is 30.8. The molecule has 0 atom stereocenters. The second kappa shape index (κ2) is 21.1. The Morgan fingerprint density at radius 1 is 1.03 bits per heavy atom. The van der Waals surface area contributed by atoms with Crippen molar-refractivity contribution in [3.8, 4) is 5.75 Å². The van der Waals surface area contributed by atoms with Crippen molar-refractivity contribution in [3.05, 3.63) is 93.7 Å². The Morgan fingerprint density at radius 2 is 1.67 bits per heavy atom. The summed E-state index contributed by atoms with van der Waals surface area (Å²) in [4.78, 5) is 77.8. The van der Waals surface area contributed by atoms with Gasteiger partial charge in [-0.2, -0.15) is 5.10 Å². The highest BCUT2D eigenvalue weighted by Crippen LogP contribution is 2.37. The lowest BCUT2D eigenvalue weighted by molar-refractivity contribution is -0.135. The number of allylic oxidation sites excluding steroid dienone is 1. The second-order valence-corrected chi connectivity index (χ2v) is 14.4. The number of hydrogen-bond acceptors (Lipinski definition) is 11. The Balaban J connectivity index is 0.000000253. The number of hydrogen-bond donors (Lipinski definition) is 7. The number of carboxylic acids is 2. The Morgan fingerprint density at radius 3 is 2.22 bits per heavy atom.